The number of hydrogen-bond donors (Lipinski definition) is 0. The summed E-state index contributed by atoms with van der Waals surface area (Å²) in [5.41, 5.74) is 2.58. The fraction of sp³-hybridized carbons (Fsp3) is 0.417. The van der Waals surface area contributed by atoms with Crippen LogP contribution in [0.4, 0.5) is 15.8 Å². The van der Waals surface area contributed by atoms with E-state index >= 15 is 0 Å². The zero-order valence-corrected chi connectivity index (χ0v) is 18.1. The molecule has 1 heterocycles. The van der Waals surface area contributed by atoms with Gasteiger partial charge in [-0.05, 0) is 76.3 Å². The summed E-state index contributed by atoms with van der Waals surface area (Å²) in [7, 11) is 6.10. The van der Waals surface area contributed by atoms with Crippen molar-refractivity contribution in [3.63, 3.8) is 0 Å². The van der Waals surface area contributed by atoms with E-state index in [4.69, 9.17) is 4.74 Å². The molecule has 0 amide bonds. The maximum absolute atomic E-state index is 14.8. The molecule has 0 radical (unpaired) electrons. The Morgan fingerprint density at radius 2 is 1.83 bits per heavy atom. The molecule has 2 aromatic rings. The molecule has 0 N–H and O–H groups in total. The van der Waals surface area contributed by atoms with Crippen molar-refractivity contribution in [3.05, 3.63) is 60.0 Å². The number of nitrogens with zero attached hydrogens (tertiary/aromatic N) is 3. The second kappa shape index (κ2) is 9.31. The Bertz CT molecular complexity index is 833. The first kappa shape index (κ1) is 21.2. The molecule has 1 saturated heterocycles. The van der Waals surface area contributed by atoms with Crippen LogP contribution >= 0.6 is 0 Å². The van der Waals surface area contributed by atoms with Gasteiger partial charge in [-0.2, -0.15) is 0 Å². The lowest BCUT2D eigenvalue weighted by Crippen LogP contribution is -2.31. The first-order chi connectivity index (χ1) is 13.8. The van der Waals surface area contributed by atoms with Gasteiger partial charge in [0.2, 0.25) is 0 Å². The van der Waals surface area contributed by atoms with Crippen molar-refractivity contribution in [2.45, 2.75) is 32.4 Å². The van der Waals surface area contributed by atoms with Gasteiger partial charge in [0.05, 0.1) is 11.8 Å². The first-order valence-electron chi connectivity index (χ1n) is 10.2. The number of benzene rings is 2. The molecule has 0 aliphatic carbocycles. The summed E-state index contributed by atoms with van der Waals surface area (Å²) in [4.78, 5) is 6.28. The van der Waals surface area contributed by atoms with Crippen molar-refractivity contribution in [2.75, 3.05) is 44.0 Å². The topological polar surface area (TPSA) is 19.0 Å². The summed E-state index contributed by atoms with van der Waals surface area (Å²) in [5, 5.41) is 0. The van der Waals surface area contributed by atoms with Gasteiger partial charge in [-0.25, -0.2) is 4.39 Å². The maximum atomic E-state index is 14.8. The van der Waals surface area contributed by atoms with Crippen LogP contribution in [0.15, 0.2) is 48.7 Å². The third kappa shape index (κ3) is 5.51. The van der Waals surface area contributed by atoms with Crippen LogP contribution in [-0.2, 0) is 0 Å². The summed E-state index contributed by atoms with van der Waals surface area (Å²) in [6.45, 7) is 5.79. The fourth-order valence-corrected chi connectivity index (χ4v) is 3.57. The Morgan fingerprint density at radius 3 is 2.41 bits per heavy atom. The van der Waals surface area contributed by atoms with Crippen LogP contribution < -0.4 is 14.5 Å². The average molecular weight is 398 g/mol. The van der Waals surface area contributed by atoms with Crippen LogP contribution in [0.25, 0.3) is 6.08 Å². The molecule has 1 fully saturated rings. The second-order valence-corrected chi connectivity index (χ2v) is 8.15. The Morgan fingerprint density at radius 1 is 1.10 bits per heavy atom. The summed E-state index contributed by atoms with van der Waals surface area (Å²) < 4.78 is 20.4. The third-order valence-electron chi connectivity index (χ3n) is 5.32. The van der Waals surface area contributed by atoms with Crippen molar-refractivity contribution in [2.24, 2.45) is 0 Å². The Kier molecular flexibility index (Phi) is 6.80. The van der Waals surface area contributed by atoms with Gasteiger partial charge >= 0.3 is 0 Å². The standard InChI is InChI=1S/C24H32FN3O/c1-18(2)29-22-9-6-19(7-10-22)12-14-27(5)20-8-11-24(23(25)16-20)28-15-13-21(17-28)26(3)4/h6-12,14,16,18,21H,13,15,17H2,1-5H3/b14-12+. The smallest absolute Gasteiger partial charge is 0.148 e. The van der Waals surface area contributed by atoms with E-state index < -0.39 is 0 Å². The molecule has 3 rings (SSSR count). The minimum absolute atomic E-state index is 0.162. The molecular weight excluding hydrogens is 365 g/mol. The van der Waals surface area contributed by atoms with Gasteiger partial charge in [-0.1, -0.05) is 12.1 Å². The quantitative estimate of drug-likeness (QED) is 0.664. The maximum Gasteiger partial charge on any atom is 0.148 e. The molecule has 2 aromatic carbocycles. The lowest BCUT2D eigenvalue weighted by Gasteiger charge is -2.23. The predicted octanol–water partition coefficient (Wildman–Crippen LogP) is 4.86. The van der Waals surface area contributed by atoms with Gasteiger partial charge in [0.15, 0.2) is 0 Å². The van der Waals surface area contributed by atoms with Crippen molar-refractivity contribution in [1.82, 2.24) is 4.90 Å². The number of ether oxygens (including phenoxy) is 1. The van der Waals surface area contributed by atoms with E-state index in [0.717, 1.165) is 36.5 Å². The van der Waals surface area contributed by atoms with Gasteiger partial charge in [0.25, 0.3) is 0 Å². The molecule has 156 valence electrons. The summed E-state index contributed by atoms with van der Waals surface area (Å²) >= 11 is 0. The molecule has 0 bridgehead atoms. The van der Waals surface area contributed by atoms with Gasteiger partial charge in [-0.15, -0.1) is 0 Å². The van der Waals surface area contributed by atoms with Crippen LogP contribution in [-0.4, -0.2) is 51.3 Å². The Labute approximate surface area is 174 Å². The molecule has 1 atom stereocenters. The van der Waals surface area contributed by atoms with Crippen molar-refractivity contribution >= 4 is 17.5 Å². The molecular formula is C24H32FN3O. The lowest BCUT2D eigenvalue weighted by molar-refractivity contribution is 0.242. The van der Waals surface area contributed by atoms with Gasteiger partial charge in [-0.3, -0.25) is 0 Å². The van der Waals surface area contributed by atoms with E-state index in [1.54, 1.807) is 6.07 Å². The zero-order chi connectivity index (χ0) is 21.0. The second-order valence-electron chi connectivity index (χ2n) is 8.15. The minimum atomic E-state index is -0.169. The molecule has 29 heavy (non-hydrogen) atoms. The highest BCUT2D eigenvalue weighted by molar-refractivity contribution is 5.61. The number of rotatable bonds is 7. The SMILES string of the molecule is CC(C)Oc1ccc(/C=C/N(C)c2ccc(N3CCC(N(C)C)C3)c(F)c2)cc1. The number of anilines is 2. The summed E-state index contributed by atoms with van der Waals surface area (Å²) in [5.74, 6) is 0.693. The van der Waals surface area contributed by atoms with Crippen LogP contribution in [0, 0.1) is 5.82 Å². The number of hydrogen-bond acceptors (Lipinski definition) is 4. The van der Waals surface area contributed by atoms with Crippen LogP contribution in [0.5, 0.6) is 5.75 Å². The highest BCUT2D eigenvalue weighted by Gasteiger charge is 2.25. The normalized spacial score (nSPS) is 17.0. The highest BCUT2D eigenvalue weighted by Crippen LogP contribution is 2.28. The molecule has 4 nitrogen and oxygen atoms in total. The fourth-order valence-electron chi connectivity index (χ4n) is 3.57. The van der Waals surface area contributed by atoms with Crippen LogP contribution in [0.2, 0.25) is 0 Å². The summed E-state index contributed by atoms with van der Waals surface area (Å²) in [6, 6.07) is 13.9. The van der Waals surface area contributed by atoms with Gasteiger partial charge < -0.3 is 19.4 Å². The van der Waals surface area contributed by atoms with E-state index in [-0.39, 0.29) is 11.9 Å². The monoisotopic (exact) mass is 397 g/mol. The molecule has 0 spiro atoms. The Hall–Kier alpha value is -2.53. The van der Waals surface area contributed by atoms with Crippen molar-refractivity contribution in [1.29, 1.82) is 0 Å². The third-order valence-corrected chi connectivity index (χ3v) is 5.32. The number of halogens is 1. The Balaban J connectivity index is 1.64. The van der Waals surface area contributed by atoms with Gasteiger partial charge in [0, 0.05) is 38.1 Å². The number of likely N-dealkylation sites (N-methyl/N-ethyl adjacent to an activating group) is 1. The molecule has 0 aromatic heterocycles. The zero-order valence-electron chi connectivity index (χ0n) is 18.1. The first-order valence-corrected chi connectivity index (χ1v) is 10.2. The predicted molar refractivity (Wildman–Crippen MR) is 120 cm³/mol. The van der Waals surface area contributed by atoms with E-state index in [9.17, 15) is 4.39 Å². The van der Waals surface area contributed by atoms with Crippen LogP contribution in [0.3, 0.4) is 0 Å². The molecule has 1 aliphatic heterocycles. The van der Waals surface area contributed by atoms with Crippen molar-refractivity contribution < 1.29 is 9.13 Å². The van der Waals surface area contributed by atoms with Crippen LogP contribution in [0.1, 0.15) is 25.8 Å². The highest BCUT2D eigenvalue weighted by atomic mass is 19.1. The van der Waals surface area contributed by atoms with E-state index in [1.807, 2.05) is 74.5 Å². The van der Waals surface area contributed by atoms with E-state index in [1.165, 1.54) is 0 Å². The minimum Gasteiger partial charge on any atom is -0.491 e. The lowest BCUT2D eigenvalue weighted by atomic mass is 10.2. The van der Waals surface area contributed by atoms with Gasteiger partial charge in [0.1, 0.15) is 11.6 Å². The van der Waals surface area contributed by atoms with Crippen molar-refractivity contribution in [3.8, 4) is 5.75 Å². The van der Waals surface area contributed by atoms with E-state index in [0.29, 0.717) is 11.7 Å². The molecule has 5 heteroatoms. The largest absolute Gasteiger partial charge is 0.491 e. The molecule has 0 saturated carbocycles. The average Bonchev–Trinajstić information content (AvgIpc) is 3.17. The summed E-state index contributed by atoms with van der Waals surface area (Å²) in [6.07, 6.45) is 5.19. The molecule has 1 aliphatic rings. The molecule has 1 unspecified atom stereocenters. The van der Waals surface area contributed by atoms with E-state index in [2.05, 4.69) is 23.9 Å².